The molecule has 0 aliphatic heterocycles. The van der Waals surface area contributed by atoms with Crippen molar-refractivity contribution in [2.45, 2.75) is 29.0 Å². The number of rotatable bonds is 6. The zero-order valence-corrected chi connectivity index (χ0v) is 16.7. The van der Waals surface area contributed by atoms with Crippen LogP contribution in [0, 0.1) is 23.0 Å². The predicted molar refractivity (Wildman–Crippen MR) is 96.7 cm³/mol. The molecule has 0 aliphatic rings. The predicted octanol–water partition coefficient (Wildman–Crippen LogP) is 5.69. The summed E-state index contributed by atoms with van der Waals surface area (Å²) in [5, 5.41) is 11.5. The summed E-state index contributed by atoms with van der Waals surface area (Å²) in [6, 6.07) is 5.82. The summed E-state index contributed by atoms with van der Waals surface area (Å²) in [6.07, 6.45) is -5.09. The number of halogens is 8. The first-order chi connectivity index (χ1) is 14.6. The molecule has 0 heterocycles. The van der Waals surface area contributed by atoms with Gasteiger partial charge in [-0.3, -0.25) is 4.79 Å². The van der Waals surface area contributed by atoms with Crippen molar-refractivity contribution in [2.75, 3.05) is 6.61 Å². The van der Waals surface area contributed by atoms with Gasteiger partial charge in [0.25, 0.3) is 5.91 Å². The number of nitriles is 1. The van der Waals surface area contributed by atoms with E-state index in [0.717, 1.165) is 31.2 Å². The molecule has 0 aromatic heterocycles. The number of ether oxygens (including phenoxy) is 1. The van der Waals surface area contributed by atoms with Crippen molar-refractivity contribution >= 4 is 17.7 Å². The Kier molecular flexibility index (Phi) is 7.29. The van der Waals surface area contributed by atoms with E-state index >= 15 is 0 Å². The van der Waals surface area contributed by atoms with Gasteiger partial charge >= 0.3 is 11.7 Å². The van der Waals surface area contributed by atoms with E-state index in [2.05, 4.69) is 5.32 Å². The van der Waals surface area contributed by atoms with Crippen LogP contribution >= 0.6 is 11.8 Å². The molecule has 0 bridgehead atoms. The average molecular weight is 484 g/mol. The number of hydrogen-bond acceptors (Lipinski definition) is 4. The largest absolute Gasteiger partial charge is 0.489 e. The number of nitrogens with zero attached hydrogens (tertiary/aromatic N) is 1. The Morgan fingerprint density at radius 1 is 1.06 bits per heavy atom. The maximum atomic E-state index is 13.4. The minimum Gasteiger partial charge on any atom is -0.489 e. The molecule has 0 spiro atoms. The third-order valence-electron chi connectivity index (χ3n) is 3.83. The lowest BCUT2D eigenvalue weighted by Gasteiger charge is -2.24. The molecule has 0 saturated heterocycles. The molecule has 1 N–H and O–H groups in total. The molecule has 1 unspecified atom stereocenters. The first-order valence-electron chi connectivity index (χ1n) is 8.42. The fourth-order valence-electron chi connectivity index (χ4n) is 2.32. The van der Waals surface area contributed by atoms with Crippen molar-refractivity contribution in [2.24, 2.45) is 0 Å². The molecule has 0 saturated carbocycles. The van der Waals surface area contributed by atoms with Gasteiger partial charge in [0, 0.05) is 16.5 Å². The summed E-state index contributed by atoms with van der Waals surface area (Å²) in [4.78, 5) is 12.1. The van der Waals surface area contributed by atoms with Crippen LogP contribution in [0.5, 0.6) is 5.75 Å². The maximum Gasteiger partial charge on any atom is 0.446 e. The van der Waals surface area contributed by atoms with E-state index in [4.69, 9.17) is 4.74 Å². The van der Waals surface area contributed by atoms with Crippen LogP contribution in [0.3, 0.4) is 0 Å². The van der Waals surface area contributed by atoms with E-state index in [1.54, 1.807) is 6.07 Å². The van der Waals surface area contributed by atoms with Gasteiger partial charge in [-0.15, -0.1) is 0 Å². The fourth-order valence-corrected chi connectivity index (χ4v) is 2.86. The Labute approximate surface area is 180 Å². The molecular weight excluding hydrogens is 472 g/mol. The highest BCUT2D eigenvalue weighted by Crippen LogP contribution is 2.38. The minimum atomic E-state index is -5.09. The van der Waals surface area contributed by atoms with Crippen LogP contribution in [0.2, 0.25) is 0 Å². The monoisotopic (exact) mass is 484 g/mol. The van der Waals surface area contributed by atoms with Crippen LogP contribution < -0.4 is 10.1 Å². The molecule has 1 atom stereocenters. The van der Waals surface area contributed by atoms with Crippen molar-refractivity contribution in [1.29, 1.82) is 5.26 Å². The normalized spacial score (nSPS) is 13.8. The van der Waals surface area contributed by atoms with Crippen molar-refractivity contribution in [3.8, 4) is 11.8 Å². The lowest BCUT2D eigenvalue weighted by atomic mass is 10.0. The molecule has 0 radical (unpaired) electrons. The van der Waals surface area contributed by atoms with Crippen LogP contribution in [0.4, 0.5) is 35.1 Å². The number of thioether (sulfide) groups is 1. The molecule has 32 heavy (non-hydrogen) atoms. The lowest BCUT2D eigenvalue weighted by Crippen LogP contribution is -2.49. The van der Waals surface area contributed by atoms with Crippen LogP contribution in [0.1, 0.15) is 22.8 Å². The van der Waals surface area contributed by atoms with E-state index in [1.807, 2.05) is 0 Å². The van der Waals surface area contributed by atoms with Crippen molar-refractivity contribution in [3.63, 3.8) is 0 Å². The molecule has 2 aromatic rings. The van der Waals surface area contributed by atoms with E-state index in [1.165, 1.54) is 0 Å². The first kappa shape index (κ1) is 25.3. The van der Waals surface area contributed by atoms with Gasteiger partial charge in [0.2, 0.25) is 0 Å². The number of amides is 1. The smallest absolute Gasteiger partial charge is 0.446 e. The Morgan fingerprint density at radius 2 is 1.62 bits per heavy atom. The van der Waals surface area contributed by atoms with Crippen LogP contribution in [-0.2, 0) is 6.18 Å². The third kappa shape index (κ3) is 6.74. The van der Waals surface area contributed by atoms with Gasteiger partial charge in [0.1, 0.15) is 17.9 Å². The second-order valence-electron chi connectivity index (χ2n) is 6.52. The fraction of sp³-hybridized carbons (Fsp3) is 0.263. The highest BCUT2D eigenvalue weighted by molar-refractivity contribution is 8.00. The molecular formula is C19H12F8N2O2S. The summed E-state index contributed by atoms with van der Waals surface area (Å²) in [5.74, 6) is -5.40. The molecule has 4 nitrogen and oxygen atoms in total. The average Bonchev–Trinajstić information content (AvgIpc) is 2.67. The Hall–Kier alpha value is -3.01. The lowest BCUT2D eigenvalue weighted by molar-refractivity contribution is -0.139. The number of nitrogens with one attached hydrogen (secondary N) is 1. The van der Waals surface area contributed by atoms with Gasteiger partial charge in [-0.25, -0.2) is 8.78 Å². The molecule has 172 valence electrons. The number of carbonyl (C=O) groups is 1. The summed E-state index contributed by atoms with van der Waals surface area (Å²) >= 11 is -0.403. The van der Waals surface area contributed by atoms with E-state index in [9.17, 15) is 45.2 Å². The Balaban J connectivity index is 2.16. The molecule has 2 aromatic carbocycles. The standard InChI is InChI=1S/C19H12F8N2O2S/c1-17(8-28,9-31-15-7-14(21)13(20)6-12(15)18(22,23)24)29-16(30)10-2-4-11(5-3-10)32-19(25,26)27/h2-7H,9H2,1H3,(H,29,30). The topological polar surface area (TPSA) is 62.1 Å². The molecule has 1 amide bonds. The van der Waals surface area contributed by atoms with E-state index in [0.29, 0.717) is 0 Å². The Morgan fingerprint density at radius 3 is 2.12 bits per heavy atom. The summed E-state index contributed by atoms with van der Waals surface area (Å²) in [7, 11) is 0. The zero-order valence-electron chi connectivity index (χ0n) is 15.9. The van der Waals surface area contributed by atoms with Gasteiger partial charge in [-0.1, -0.05) is 0 Å². The highest BCUT2D eigenvalue weighted by Gasteiger charge is 2.37. The number of hydrogen-bond donors (Lipinski definition) is 1. The van der Waals surface area contributed by atoms with Crippen molar-refractivity contribution < 1.29 is 44.7 Å². The minimum absolute atomic E-state index is 0.104. The molecule has 0 aliphatic carbocycles. The van der Waals surface area contributed by atoms with Crippen molar-refractivity contribution in [3.05, 3.63) is 59.2 Å². The quantitative estimate of drug-likeness (QED) is 0.423. The van der Waals surface area contributed by atoms with Crippen LogP contribution in [0.15, 0.2) is 41.3 Å². The van der Waals surface area contributed by atoms with Crippen LogP contribution in [0.25, 0.3) is 0 Å². The summed E-state index contributed by atoms with van der Waals surface area (Å²) in [6.45, 7) is 0.206. The third-order valence-corrected chi connectivity index (χ3v) is 4.57. The summed E-state index contributed by atoms with van der Waals surface area (Å²) < 4.78 is 108. The molecule has 2 rings (SSSR count). The van der Waals surface area contributed by atoms with Gasteiger partial charge in [0.05, 0.1) is 6.07 Å². The van der Waals surface area contributed by atoms with Crippen LogP contribution in [-0.4, -0.2) is 23.6 Å². The Bertz CT molecular complexity index is 1030. The highest BCUT2D eigenvalue weighted by atomic mass is 32.2. The number of carbonyl (C=O) groups excluding carboxylic acids is 1. The second-order valence-corrected chi connectivity index (χ2v) is 7.66. The number of benzene rings is 2. The van der Waals surface area contributed by atoms with E-state index < -0.39 is 64.4 Å². The molecule has 13 heteroatoms. The molecule has 0 fully saturated rings. The zero-order chi connectivity index (χ0) is 24.3. The van der Waals surface area contributed by atoms with Gasteiger partial charge in [-0.2, -0.15) is 31.6 Å². The van der Waals surface area contributed by atoms with Crippen molar-refractivity contribution in [1.82, 2.24) is 5.32 Å². The second kappa shape index (κ2) is 9.23. The van der Waals surface area contributed by atoms with Gasteiger partial charge in [0.15, 0.2) is 17.2 Å². The summed E-state index contributed by atoms with van der Waals surface area (Å²) in [5.41, 5.74) is -8.22. The maximum absolute atomic E-state index is 13.4. The SMILES string of the molecule is CC(C#N)(COc1cc(F)c(F)cc1C(F)(F)F)NC(=O)c1ccc(SC(F)(F)F)cc1. The van der Waals surface area contributed by atoms with Gasteiger partial charge in [-0.05, 0) is 49.0 Å². The first-order valence-corrected chi connectivity index (χ1v) is 9.24. The van der Waals surface area contributed by atoms with E-state index in [-0.39, 0.29) is 22.6 Å². The van der Waals surface area contributed by atoms with Gasteiger partial charge < -0.3 is 10.1 Å². The number of alkyl halides is 6.